The summed E-state index contributed by atoms with van der Waals surface area (Å²) in [6.07, 6.45) is 2.18. The van der Waals surface area contributed by atoms with Gasteiger partial charge >= 0.3 is 0 Å². The molecule has 3 aromatic carbocycles. The van der Waals surface area contributed by atoms with Gasteiger partial charge in [0.15, 0.2) is 0 Å². The van der Waals surface area contributed by atoms with E-state index >= 15 is 0 Å². The van der Waals surface area contributed by atoms with Gasteiger partial charge in [0, 0.05) is 5.02 Å². The van der Waals surface area contributed by atoms with Crippen LogP contribution in [-0.2, 0) is 6.42 Å². The SMILES string of the molecule is CCCc1cc(Cl)ccc1-c1cccc2ccccc12. The highest BCUT2D eigenvalue weighted by molar-refractivity contribution is 6.30. The third kappa shape index (κ3) is 2.44. The van der Waals surface area contributed by atoms with Gasteiger partial charge in [0.05, 0.1) is 0 Å². The van der Waals surface area contributed by atoms with Crippen molar-refractivity contribution in [3.63, 3.8) is 0 Å². The molecule has 100 valence electrons. The Morgan fingerprint density at radius 3 is 2.50 bits per heavy atom. The van der Waals surface area contributed by atoms with E-state index in [-0.39, 0.29) is 0 Å². The number of hydrogen-bond donors (Lipinski definition) is 0. The molecule has 0 aliphatic heterocycles. The zero-order valence-electron chi connectivity index (χ0n) is 11.6. The Kier molecular flexibility index (Phi) is 3.75. The molecule has 0 saturated heterocycles. The van der Waals surface area contributed by atoms with Gasteiger partial charge in [-0.1, -0.05) is 73.5 Å². The highest BCUT2D eigenvalue weighted by Crippen LogP contribution is 2.32. The second-order valence-corrected chi connectivity index (χ2v) is 5.51. The topological polar surface area (TPSA) is 0 Å². The van der Waals surface area contributed by atoms with Gasteiger partial charge in [0.1, 0.15) is 0 Å². The fraction of sp³-hybridized carbons (Fsp3) is 0.158. The van der Waals surface area contributed by atoms with Crippen molar-refractivity contribution in [3.8, 4) is 11.1 Å². The van der Waals surface area contributed by atoms with Gasteiger partial charge in [0.2, 0.25) is 0 Å². The maximum Gasteiger partial charge on any atom is 0.0409 e. The number of hydrogen-bond acceptors (Lipinski definition) is 0. The van der Waals surface area contributed by atoms with Gasteiger partial charge < -0.3 is 0 Å². The van der Waals surface area contributed by atoms with Gasteiger partial charge in [-0.15, -0.1) is 0 Å². The van der Waals surface area contributed by atoms with Crippen LogP contribution in [0.3, 0.4) is 0 Å². The Morgan fingerprint density at radius 1 is 0.850 bits per heavy atom. The summed E-state index contributed by atoms with van der Waals surface area (Å²) in [6, 6.07) is 21.3. The fourth-order valence-corrected chi connectivity index (χ4v) is 2.96. The molecule has 0 nitrogen and oxygen atoms in total. The van der Waals surface area contributed by atoms with E-state index in [1.165, 1.54) is 27.5 Å². The molecule has 20 heavy (non-hydrogen) atoms. The zero-order chi connectivity index (χ0) is 13.9. The first kappa shape index (κ1) is 13.2. The Hall–Kier alpha value is -1.79. The van der Waals surface area contributed by atoms with Gasteiger partial charge in [-0.25, -0.2) is 0 Å². The van der Waals surface area contributed by atoms with E-state index in [9.17, 15) is 0 Å². The molecule has 0 bridgehead atoms. The van der Waals surface area contributed by atoms with Crippen LogP contribution in [0.25, 0.3) is 21.9 Å². The largest absolute Gasteiger partial charge is 0.0843 e. The highest BCUT2D eigenvalue weighted by atomic mass is 35.5. The quantitative estimate of drug-likeness (QED) is 0.543. The molecule has 0 fully saturated rings. The number of fused-ring (bicyclic) bond motifs is 1. The van der Waals surface area contributed by atoms with E-state index in [2.05, 4.69) is 61.5 Å². The highest BCUT2D eigenvalue weighted by Gasteiger charge is 2.08. The third-order valence-electron chi connectivity index (χ3n) is 3.67. The molecule has 0 aliphatic carbocycles. The van der Waals surface area contributed by atoms with Crippen LogP contribution in [0.2, 0.25) is 5.02 Å². The first-order valence-electron chi connectivity index (χ1n) is 7.06. The predicted molar refractivity (Wildman–Crippen MR) is 88.4 cm³/mol. The lowest BCUT2D eigenvalue weighted by Crippen LogP contribution is -1.90. The van der Waals surface area contributed by atoms with Crippen molar-refractivity contribution >= 4 is 22.4 Å². The summed E-state index contributed by atoms with van der Waals surface area (Å²) in [5.41, 5.74) is 3.92. The van der Waals surface area contributed by atoms with E-state index in [1.807, 2.05) is 6.07 Å². The number of benzene rings is 3. The first-order valence-corrected chi connectivity index (χ1v) is 7.44. The van der Waals surface area contributed by atoms with Crippen molar-refractivity contribution in [2.75, 3.05) is 0 Å². The van der Waals surface area contributed by atoms with Crippen LogP contribution in [0.4, 0.5) is 0 Å². The minimum Gasteiger partial charge on any atom is -0.0843 e. The van der Waals surface area contributed by atoms with E-state index < -0.39 is 0 Å². The minimum atomic E-state index is 0.817. The Morgan fingerprint density at radius 2 is 1.65 bits per heavy atom. The molecule has 0 radical (unpaired) electrons. The maximum absolute atomic E-state index is 6.16. The molecule has 3 rings (SSSR count). The van der Waals surface area contributed by atoms with Crippen molar-refractivity contribution in [2.45, 2.75) is 19.8 Å². The van der Waals surface area contributed by atoms with E-state index in [4.69, 9.17) is 11.6 Å². The van der Waals surface area contributed by atoms with Crippen LogP contribution in [0, 0.1) is 0 Å². The molecule has 0 unspecified atom stereocenters. The summed E-state index contributed by atoms with van der Waals surface area (Å²) in [4.78, 5) is 0. The summed E-state index contributed by atoms with van der Waals surface area (Å²) in [7, 11) is 0. The number of halogens is 1. The average molecular weight is 281 g/mol. The Bertz CT molecular complexity index is 738. The summed E-state index contributed by atoms with van der Waals surface area (Å²) < 4.78 is 0. The molecule has 0 atom stereocenters. The van der Waals surface area contributed by atoms with Crippen molar-refractivity contribution < 1.29 is 0 Å². The van der Waals surface area contributed by atoms with E-state index in [1.54, 1.807) is 0 Å². The minimum absolute atomic E-state index is 0.817. The zero-order valence-corrected chi connectivity index (χ0v) is 12.3. The molecule has 1 heteroatoms. The lowest BCUT2D eigenvalue weighted by atomic mass is 9.93. The van der Waals surface area contributed by atoms with E-state index in [0.29, 0.717) is 0 Å². The second-order valence-electron chi connectivity index (χ2n) is 5.08. The Balaban J connectivity index is 2.25. The van der Waals surface area contributed by atoms with Crippen LogP contribution in [0.1, 0.15) is 18.9 Å². The summed E-state index contributed by atoms with van der Waals surface area (Å²) in [6.45, 7) is 2.20. The molecule has 0 heterocycles. The van der Waals surface area contributed by atoms with Crippen LogP contribution in [-0.4, -0.2) is 0 Å². The third-order valence-corrected chi connectivity index (χ3v) is 3.90. The molecule has 0 spiro atoms. The number of rotatable bonds is 3. The number of aryl methyl sites for hydroxylation is 1. The standard InChI is InChI=1S/C19H17Cl/c1-2-6-15-13-16(20)11-12-18(15)19-10-5-8-14-7-3-4-9-17(14)19/h3-5,7-13H,2,6H2,1H3. The van der Waals surface area contributed by atoms with Crippen molar-refractivity contribution in [3.05, 3.63) is 71.2 Å². The van der Waals surface area contributed by atoms with Gasteiger partial charge in [-0.3, -0.25) is 0 Å². The van der Waals surface area contributed by atoms with Crippen molar-refractivity contribution in [1.29, 1.82) is 0 Å². The lowest BCUT2D eigenvalue weighted by Gasteiger charge is -2.12. The molecule has 0 aliphatic rings. The smallest absolute Gasteiger partial charge is 0.0409 e. The fourth-order valence-electron chi connectivity index (χ4n) is 2.76. The van der Waals surface area contributed by atoms with Crippen LogP contribution in [0.5, 0.6) is 0 Å². The van der Waals surface area contributed by atoms with Crippen molar-refractivity contribution in [1.82, 2.24) is 0 Å². The molecule has 0 amide bonds. The van der Waals surface area contributed by atoms with Gasteiger partial charge in [-0.2, -0.15) is 0 Å². The molecule has 0 N–H and O–H groups in total. The molecule has 0 aromatic heterocycles. The summed E-state index contributed by atoms with van der Waals surface area (Å²) in [5.74, 6) is 0. The van der Waals surface area contributed by atoms with Crippen LogP contribution >= 0.6 is 11.6 Å². The normalized spacial score (nSPS) is 10.9. The Labute approximate surface area is 125 Å². The molecular formula is C19H17Cl. The lowest BCUT2D eigenvalue weighted by molar-refractivity contribution is 0.924. The predicted octanol–water partition coefficient (Wildman–Crippen LogP) is 6.11. The molecule has 3 aromatic rings. The monoisotopic (exact) mass is 280 g/mol. The first-order chi connectivity index (χ1) is 9.79. The summed E-state index contributed by atoms with van der Waals surface area (Å²) in [5, 5.41) is 3.40. The van der Waals surface area contributed by atoms with Crippen molar-refractivity contribution in [2.24, 2.45) is 0 Å². The molecular weight excluding hydrogens is 264 g/mol. The summed E-state index contributed by atoms with van der Waals surface area (Å²) >= 11 is 6.16. The second kappa shape index (κ2) is 5.68. The molecule has 0 saturated carbocycles. The average Bonchev–Trinajstić information content (AvgIpc) is 2.47. The van der Waals surface area contributed by atoms with Gasteiger partial charge in [0.25, 0.3) is 0 Å². The van der Waals surface area contributed by atoms with Crippen LogP contribution in [0.15, 0.2) is 60.7 Å². The van der Waals surface area contributed by atoms with E-state index in [0.717, 1.165) is 17.9 Å². The maximum atomic E-state index is 6.16. The van der Waals surface area contributed by atoms with Gasteiger partial charge in [-0.05, 0) is 46.0 Å². The van der Waals surface area contributed by atoms with Crippen LogP contribution < -0.4 is 0 Å².